The smallest absolute Gasteiger partial charge is 0.0541 e. The fraction of sp³-hybridized carbons (Fsp3) is 0. The third-order valence-corrected chi connectivity index (χ3v) is 29.7. The Kier molecular flexibility index (Phi) is 20.5. The molecule has 0 atom stereocenters. The minimum absolute atomic E-state index is 1.15. The predicted octanol–water partition coefficient (Wildman–Crippen LogP) is 36.5. The normalized spacial score (nSPS) is 11.7. The first kappa shape index (κ1) is 84.5. The van der Waals surface area contributed by atoms with Crippen LogP contribution in [0.15, 0.2) is 558 Å². The quantitative estimate of drug-likeness (QED) is 0.124. The van der Waals surface area contributed by atoms with Gasteiger partial charge in [-0.2, -0.15) is 0 Å². The lowest BCUT2D eigenvalue weighted by molar-refractivity contribution is 1.13. The lowest BCUT2D eigenvalue weighted by Crippen LogP contribution is -1.98. The number of nitrogens with zero attached hydrogens (tertiary/aromatic N) is 8. The van der Waals surface area contributed by atoms with Crippen LogP contribution in [0.25, 0.3) is 253 Å². The highest BCUT2D eigenvalue weighted by Gasteiger charge is 2.23. The summed E-state index contributed by atoms with van der Waals surface area (Å²) in [5, 5.41) is 20.5. The van der Waals surface area contributed by atoms with Crippen molar-refractivity contribution in [1.82, 2.24) is 36.5 Å². The van der Waals surface area contributed by atoms with Crippen LogP contribution >= 0.6 is 0 Å². The molecule has 0 spiro atoms. The van der Waals surface area contributed by atoms with Gasteiger partial charge >= 0.3 is 0 Å². The molecule has 0 saturated carbocycles. The van der Waals surface area contributed by atoms with E-state index >= 15 is 0 Å². The van der Waals surface area contributed by atoms with Crippen LogP contribution in [-0.4, -0.2) is 36.5 Å². The van der Waals surface area contributed by atoms with Gasteiger partial charge in [0.15, 0.2) is 0 Å². The minimum Gasteiger partial charge on any atom is -0.309 e. The Hall–Kier alpha value is -19.5. The predicted molar refractivity (Wildman–Crippen MR) is 617 cm³/mol. The Labute approximate surface area is 842 Å². The fourth-order valence-corrected chi connectivity index (χ4v) is 23.2. The van der Waals surface area contributed by atoms with Gasteiger partial charge in [0.1, 0.15) is 0 Å². The number of benzene rings is 23. The molecule has 8 heteroatoms. The van der Waals surface area contributed by atoms with Crippen LogP contribution in [0, 0.1) is 0 Å². The molecular weight excluding hydrogens is 1770 g/mol. The van der Waals surface area contributed by atoms with Crippen molar-refractivity contribution < 1.29 is 0 Å². The number of para-hydroxylation sites is 14. The minimum atomic E-state index is 1.15. The number of hydrogen-bond donors (Lipinski definition) is 0. The van der Waals surface area contributed by atoms with Crippen LogP contribution in [0.2, 0.25) is 0 Å². The largest absolute Gasteiger partial charge is 0.309 e. The van der Waals surface area contributed by atoms with Crippen LogP contribution in [0.1, 0.15) is 0 Å². The average Bonchev–Trinajstić information content (AvgIpc) is 1.56. The van der Waals surface area contributed by atoms with E-state index in [1.165, 1.54) is 242 Å². The molecule has 8 heterocycles. The molecule has 0 unspecified atom stereocenters. The second kappa shape index (κ2) is 35.4. The van der Waals surface area contributed by atoms with E-state index in [9.17, 15) is 0 Å². The Bertz CT molecular complexity index is 9650. The summed E-state index contributed by atoms with van der Waals surface area (Å²) in [5.74, 6) is 0. The Morgan fingerprint density at radius 2 is 0.219 bits per heavy atom. The summed E-state index contributed by atoms with van der Waals surface area (Å²) in [6, 6.07) is 201. The van der Waals surface area contributed by atoms with Crippen molar-refractivity contribution in [1.29, 1.82) is 0 Å². The van der Waals surface area contributed by atoms with E-state index in [1.807, 2.05) is 0 Å². The molecule has 31 aromatic rings. The molecule has 0 N–H and O–H groups in total. The van der Waals surface area contributed by atoms with Gasteiger partial charge in [-0.25, -0.2) is 0 Å². The molecular formula is C138H92N8. The molecule has 0 radical (unpaired) electrons. The van der Waals surface area contributed by atoms with Gasteiger partial charge < -0.3 is 36.5 Å². The summed E-state index contributed by atoms with van der Waals surface area (Å²) < 4.78 is 19.0. The van der Waals surface area contributed by atoms with Crippen LogP contribution in [0.4, 0.5) is 0 Å². The maximum atomic E-state index is 2.41. The molecule has 0 fully saturated rings. The standard InChI is InChI=1S/C42H28N2.C36H24N2.2C30H20N2/c1-3-11-29(12-4-1)31-19-25-41-37(27-31)38-28-32(30-13-5-2-6-14-30)20-26-42(38)44(41)34-23-21-33(22-24-34)43-39-17-9-7-15-35(39)36-16-8-10-18-40(36)43;1-5-19-33-29(15-1)30-16-2-6-20-34(30)37(33)27-13-9-11-25(23-27)26-12-10-14-28(24-26)38-35-21-7-3-17-31(35)32-18-4-8-22-36(32)38;1-5-16-27-23(12-1)24-13-2-6-17-28(24)31(27)21-10-9-11-22(20-21)32-29-18-7-3-14-25(29)26-15-4-8-19-30(26)32;1-5-13-27-23(9-1)24-10-2-6-14-28(24)31(27)21-17-19-22(20-18-21)32-29-15-7-3-11-25(29)26-12-4-8-16-30(26)32/h1-28H;1-24H;2*1-20H. The highest BCUT2D eigenvalue weighted by Crippen LogP contribution is 2.45. The molecule has 8 aromatic heterocycles. The monoisotopic (exact) mass is 1860 g/mol. The van der Waals surface area contributed by atoms with Gasteiger partial charge in [0.05, 0.1) is 88.3 Å². The van der Waals surface area contributed by atoms with Crippen LogP contribution < -0.4 is 0 Å². The summed E-state index contributed by atoms with van der Waals surface area (Å²) in [6.07, 6.45) is 0. The fourth-order valence-electron chi connectivity index (χ4n) is 23.2. The van der Waals surface area contributed by atoms with Gasteiger partial charge in [0, 0.05) is 132 Å². The van der Waals surface area contributed by atoms with E-state index in [0.717, 1.165) is 11.4 Å². The van der Waals surface area contributed by atoms with E-state index in [4.69, 9.17) is 0 Å². The second-order valence-electron chi connectivity index (χ2n) is 37.8. The third kappa shape index (κ3) is 14.1. The highest BCUT2D eigenvalue weighted by molar-refractivity contribution is 6.17. The van der Waals surface area contributed by atoms with Crippen molar-refractivity contribution in [3.63, 3.8) is 0 Å². The zero-order chi connectivity index (χ0) is 96.2. The van der Waals surface area contributed by atoms with Gasteiger partial charge in [-0.05, 0) is 234 Å². The third-order valence-electron chi connectivity index (χ3n) is 29.7. The lowest BCUT2D eigenvalue weighted by atomic mass is 10.0. The molecule has 8 nitrogen and oxygen atoms in total. The van der Waals surface area contributed by atoms with Gasteiger partial charge in [-0.15, -0.1) is 0 Å². The van der Waals surface area contributed by atoms with E-state index in [-0.39, 0.29) is 0 Å². The molecule has 0 aliphatic heterocycles. The number of fused-ring (bicyclic) bond motifs is 24. The van der Waals surface area contributed by atoms with E-state index in [2.05, 4.69) is 595 Å². The summed E-state index contributed by atoms with van der Waals surface area (Å²) >= 11 is 0. The Morgan fingerprint density at radius 3 is 0.418 bits per heavy atom. The van der Waals surface area contributed by atoms with E-state index in [1.54, 1.807) is 0 Å². The van der Waals surface area contributed by atoms with Crippen LogP contribution in [-0.2, 0) is 0 Å². The molecule has 31 rings (SSSR count). The second-order valence-corrected chi connectivity index (χ2v) is 37.8. The van der Waals surface area contributed by atoms with Crippen molar-refractivity contribution >= 4 is 174 Å². The van der Waals surface area contributed by atoms with Crippen LogP contribution in [0.5, 0.6) is 0 Å². The summed E-state index contributed by atoms with van der Waals surface area (Å²) in [6.45, 7) is 0. The molecule has 23 aromatic carbocycles. The zero-order valence-corrected chi connectivity index (χ0v) is 79.7. The van der Waals surface area contributed by atoms with Crippen molar-refractivity contribution in [3.8, 4) is 78.9 Å². The van der Waals surface area contributed by atoms with Crippen molar-refractivity contribution in [2.24, 2.45) is 0 Å². The molecule has 0 saturated heterocycles. The van der Waals surface area contributed by atoms with Crippen molar-refractivity contribution in [2.75, 3.05) is 0 Å². The maximum absolute atomic E-state index is 2.41. The van der Waals surface area contributed by atoms with E-state index < -0.39 is 0 Å². The molecule has 684 valence electrons. The zero-order valence-electron chi connectivity index (χ0n) is 79.7. The Balaban J connectivity index is 0.0000000950. The van der Waals surface area contributed by atoms with Gasteiger partial charge in [0.2, 0.25) is 0 Å². The van der Waals surface area contributed by atoms with Crippen molar-refractivity contribution in [2.45, 2.75) is 0 Å². The molecule has 0 aliphatic rings. The van der Waals surface area contributed by atoms with Gasteiger partial charge in [0.25, 0.3) is 0 Å². The van der Waals surface area contributed by atoms with Gasteiger partial charge in [-0.1, -0.05) is 358 Å². The lowest BCUT2D eigenvalue weighted by Gasteiger charge is -2.12. The molecule has 146 heavy (non-hydrogen) atoms. The first-order valence-corrected chi connectivity index (χ1v) is 50.1. The van der Waals surface area contributed by atoms with Gasteiger partial charge in [-0.3, -0.25) is 0 Å². The number of hydrogen-bond acceptors (Lipinski definition) is 0. The van der Waals surface area contributed by atoms with Crippen molar-refractivity contribution in [3.05, 3.63) is 558 Å². The molecule has 0 aliphatic carbocycles. The highest BCUT2D eigenvalue weighted by atomic mass is 15.0. The molecule has 0 amide bonds. The summed E-state index contributed by atoms with van der Waals surface area (Å²) in [5.41, 5.74) is 36.2. The van der Waals surface area contributed by atoms with Crippen LogP contribution in [0.3, 0.4) is 0 Å². The number of aromatic nitrogens is 8. The topological polar surface area (TPSA) is 39.4 Å². The first-order chi connectivity index (χ1) is 72.5. The number of rotatable bonds is 11. The maximum Gasteiger partial charge on any atom is 0.0541 e. The molecule has 0 bridgehead atoms. The Morgan fingerprint density at radius 1 is 0.0753 bits per heavy atom. The average molecular weight is 1860 g/mol. The first-order valence-electron chi connectivity index (χ1n) is 50.1. The summed E-state index contributed by atoms with van der Waals surface area (Å²) in [7, 11) is 0. The summed E-state index contributed by atoms with van der Waals surface area (Å²) in [4.78, 5) is 0. The SMILES string of the molecule is c1cc(-c2cccc(-n3c4ccccc4c4ccccc43)c2)cc(-n2c3ccccc3c3ccccc32)c1.c1cc(-n2c3ccccc3c3ccccc32)cc(-n2c3ccccc3c3ccccc32)c1.c1ccc(-c2ccc3c(c2)c2cc(-c4ccccc4)ccc2n3-c2ccc(-n3c4ccccc4c4ccccc43)cc2)cc1.c1ccc2c(c1)c1ccccc1n2-c1ccc(-n2c3ccccc3c3ccccc32)cc1. The van der Waals surface area contributed by atoms with E-state index in [0.29, 0.717) is 0 Å².